The number of rotatable bonds is 11. The van der Waals surface area contributed by atoms with Gasteiger partial charge in [-0.3, -0.25) is 0 Å². The van der Waals surface area contributed by atoms with E-state index >= 15 is 0 Å². The summed E-state index contributed by atoms with van der Waals surface area (Å²) in [6.07, 6.45) is -2.43. The van der Waals surface area contributed by atoms with Crippen LogP contribution in [0.3, 0.4) is 0 Å². The van der Waals surface area contributed by atoms with Gasteiger partial charge in [-0.1, -0.05) is 27.7 Å². The molecular weight excluding hydrogens is 608 g/mol. The molecule has 3 aliphatic carbocycles. The van der Waals surface area contributed by atoms with Crippen LogP contribution in [-0.2, 0) is 37.3 Å². The minimum absolute atomic E-state index is 0.0924. The van der Waals surface area contributed by atoms with E-state index in [-0.39, 0.29) is 36.1 Å². The predicted octanol–water partition coefficient (Wildman–Crippen LogP) is 7.34. The lowest BCUT2D eigenvalue weighted by molar-refractivity contribution is -0.143. The normalized spacial score (nSPS) is 17.9. The third-order valence-corrected chi connectivity index (χ3v) is 8.69. The molecule has 4 N–H and O–H groups in total. The van der Waals surface area contributed by atoms with Crippen molar-refractivity contribution in [3.8, 4) is 0 Å². The summed E-state index contributed by atoms with van der Waals surface area (Å²) in [5.74, 6) is 1.89. The molecule has 3 aliphatic rings. The molecule has 5 rings (SSSR count). The van der Waals surface area contributed by atoms with E-state index in [1.165, 1.54) is 4.90 Å². The van der Waals surface area contributed by atoms with Crippen molar-refractivity contribution in [2.75, 3.05) is 25.0 Å². The number of guanidine groups is 1. The summed E-state index contributed by atoms with van der Waals surface area (Å²) in [5, 5.41) is 4.06. The number of nitrogens with one attached hydrogen (secondary N) is 2. The second kappa shape index (κ2) is 14.3. The van der Waals surface area contributed by atoms with Crippen LogP contribution in [0.25, 0.3) is 0 Å². The molecule has 7 nitrogen and oxygen atoms in total. The maximum Gasteiger partial charge on any atom is 0.416 e. The van der Waals surface area contributed by atoms with Crippen LogP contribution in [0.2, 0.25) is 0 Å². The van der Waals surface area contributed by atoms with Crippen molar-refractivity contribution in [1.82, 2.24) is 20.8 Å². The minimum atomic E-state index is -4.96. The molecule has 256 valence electrons. The average molecular weight is 656 g/mol. The van der Waals surface area contributed by atoms with E-state index in [1.54, 1.807) is 7.05 Å². The number of halogens is 6. The highest BCUT2D eigenvalue weighted by atomic mass is 19.4. The molecule has 13 heteroatoms. The van der Waals surface area contributed by atoms with Crippen LogP contribution in [0, 0.1) is 11.8 Å². The number of benzene rings is 1. The number of hydrogen-bond acceptors (Lipinski definition) is 5. The van der Waals surface area contributed by atoms with E-state index in [9.17, 15) is 26.3 Å². The Labute approximate surface area is 268 Å². The molecule has 1 heterocycles. The van der Waals surface area contributed by atoms with Crippen molar-refractivity contribution in [3.05, 3.63) is 57.8 Å². The van der Waals surface area contributed by atoms with Crippen molar-refractivity contribution in [3.63, 3.8) is 0 Å². The van der Waals surface area contributed by atoms with Crippen LogP contribution >= 0.6 is 0 Å². The largest absolute Gasteiger partial charge is 0.416 e. The fourth-order valence-electron chi connectivity index (χ4n) is 6.01. The molecule has 0 bridgehead atoms. The standard InChI is InChI=1S/C31H41F6N7.C2H6/c1-29(2)10-4-5-22-13-23(27(40-26(22)29)43(15-19-6-7-19)16-20-8-9-20)18-44(28(38)41-42-39-3)17-21-11-24(30(32,33)34)14-25(12-21)31(35,36)37;1-2/h11-14,19-20,39,42H,4-10,15-18H2,1-3H3,(H2,38,41);1-2H3. The molecule has 46 heavy (non-hydrogen) atoms. The molecule has 0 radical (unpaired) electrons. The molecule has 0 aliphatic heterocycles. The third-order valence-electron chi connectivity index (χ3n) is 8.69. The van der Waals surface area contributed by atoms with Gasteiger partial charge in [0.2, 0.25) is 5.96 Å². The number of pyridine rings is 1. The van der Waals surface area contributed by atoms with Crippen LogP contribution < -0.4 is 21.6 Å². The van der Waals surface area contributed by atoms with E-state index in [1.807, 2.05) is 13.8 Å². The Kier molecular flexibility index (Phi) is 11.1. The lowest BCUT2D eigenvalue weighted by atomic mass is 9.75. The number of hydrazone groups is 1. The average Bonchev–Trinajstić information content (AvgIpc) is 3.92. The van der Waals surface area contributed by atoms with Crippen molar-refractivity contribution in [2.45, 2.75) is 103 Å². The molecule has 0 spiro atoms. The summed E-state index contributed by atoms with van der Waals surface area (Å²) in [6, 6.07) is 3.73. The van der Waals surface area contributed by atoms with E-state index in [4.69, 9.17) is 10.7 Å². The number of anilines is 1. The van der Waals surface area contributed by atoms with Crippen LogP contribution in [0.4, 0.5) is 32.2 Å². The fourth-order valence-corrected chi connectivity index (χ4v) is 6.01. The lowest BCUT2D eigenvalue weighted by Gasteiger charge is -2.35. The maximum absolute atomic E-state index is 13.7. The van der Waals surface area contributed by atoms with E-state index in [0.29, 0.717) is 11.8 Å². The van der Waals surface area contributed by atoms with Gasteiger partial charge in [-0.05, 0) is 92.2 Å². The molecular formula is C33H47F6N7. The summed E-state index contributed by atoms with van der Waals surface area (Å²) >= 11 is 0. The first-order valence-electron chi connectivity index (χ1n) is 16.2. The Balaban J connectivity index is 0.00000235. The number of hydrazine groups is 1. The Hall–Kier alpha value is -3.22. The molecule has 2 fully saturated rings. The van der Waals surface area contributed by atoms with E-state index < -0.39 is 23.5 Å². The highest BCUT2D eigenvalue weighted by Gasteiger charge is 2.38. The van der Waals surface area contributed by atoms with Crippen LogP contribution in [-0.4, -0.2) is 36.0 Å². The second-order valence-electron chi connectivity index (χ2n) is 13.1. The van der Waals surface area contributed by atoms with Gasteiger partial charge in [0.25, 0.3) is 0 Å². The Bertz CT molecular complexity index is 1320. The fraction of sp³-hybridized carbons (Fsp3) is 0.636. The topological polar surface area (TPSA) is 81.8 Å². The quantitative estimate of drug-likeness (QED) is 0.102. The number of nitrogens with two attached hydrogens (primary N) is 1. The van der Waals surface area contributed by atoms with Crippen LogP contribution in [0.15, 0.2) is 29.4 Å². The molecule has 0 saturated heterocycles. The Morgan fingerprint density at radius 3 is 2.00 bits per heavy atom. The molecule has 0 amide bonds. The van der Waals surface area contributed by atoms with Gasteiger partial charge in [-0.25, -0.2) is 15.9 Å². The minimum Gasteiger partial charge on any atom is -0.368 e. The van der Waals surface area contributed by atoms with E-state index in [2.05, 4.69) is 40.9 Å². The van der Waals surface area contributed by atoms with Crippen molar-refractivity contribution in [2.24, 2.45) is 22.7 Å². The summed E-state index contributed by atoms with van der Waals surface area (Å²) < 4.78 is 82.0. The van der Waals surface area contributed by atoms with Crippen LogP contribution in [0.5, 0.6) is 0 Å². The van der Waals surface area contributed by atoms with Gasteiger partial charge in [0.05, 0.1) is 16.8 Å². The van der Waals surface area contributed by atoms with Gasteiger partial charge in [-0.2, -0.15) is 26.3 Å². The zero-order valence-electron chi connectivity index (χ0n) is 27.4. The number of aromatic nitrogens is 1. The molecule has 2 saturated carbocycles. The van der Waals surface area contributed by atoms with Gasteiger partial charge < -0.3 is 15.5 Å². The van der Waals surface area contributed by atoms with Gasteiger partial charge in [0, 0.05) is 44.2 Å². The second-order valence-corrected chi connectivity index (χ2v) is 13.1. The summed E-state index contributed by atoms with van der Waals surface area (Å²) in [7, 11) is 1.56. The highest BCUT2D eigenvalue weighted by Crippen LogP contribution is 2.41. The first-order chi connectivity index (χ1) is 21.6. The zero-order chi connectivity index (χ0) is 33.9. The SMILES string of the molecule is CC.CNN/N=C(\N)N(Cc1cc(C(F)(F)F)cc(C(F)(F)F)c1)Cc1cc2c(nc1N(CC1CC1)CC1CC1)C(C)(C)CCC2. The summed E-state index contributed by atoms with van der Waals surface area (Å²) in [5.41, 5.74) is 11.4. The van der Waals surface area contributed by atoms with Crippen molar-refractivity contribution in [1.29, 1.82) is 0 Å². The molecule has 0 unspecified atom stereocenters. The first-order valence-corrected chi connectivity index (χ1v) is 16.2. The molecule has 1 aromatic carbocycles. The van der Waals surface area contributed by atoms with Gasteiger partial charge >= 0.3 is 12.4 Å². The lowest BCUT2D eigenvalue weighted by Crippen LogP contribution is -2.40. The van der Waals surface area contributed by atoms with Crippen molar-refractivity contribution >= 4 is 11.8 Å². The molecule has 1 aromatic heterocycles. The highest BCUT2D eigenvalue weighted by molar-refractivity contribution is 5.78. The van der Waals surface area contributed by atoms with E-state index in [0.717, 1.165) is 92.8 Å². The van der Waals surface area contributed by atoms with Crippen molar-refractivity contribution < 1.29 is 26.3 Å². The van der Waals surface area contributed by atoms with Crippen LogP contribution in [0.1, 0.15) is 99.7 Å². The molecule has 0 atom stereocenters. The Morgan fingerprint density at radius 2 is 1.50 bits per heavy atom. The summed E-state index contributed by atoms with van der Waals surface area (Å²) in [6.45, 7) is 9.88. The summed E-state index contributed by atoms with van der Waals surface area (Å²) in [4.78, 5) is 9.14. The number of nitrogens with zero attached hydrogens (tertiary/aromatic N) is 4. The maximum atomic E-state index is 13.7. The number of aryl methyl sites for hydroxylation is 1. The van der Waals surface area contributed by atoms with Gasteiger partial charge in [-0.15, -0.1) is 5.10 Å². The Morgan fingerprint density at radius 1 is 0.935 bits per heavy atom. The zero-order valence-corrected chi connectivity index (χ0v) is 27.4. The first kappa shape index (κ1) is 35.6. The third kappa shape index (κ3) is 9.19. The monoisotopic (exact) mass is 655 g/mol. The predicted molar refractivity (Wildman–Crippen MR) is 169 cm³/mol. The number of alkyl halides is 6. The van der Waals surface area contributed by atoms with Gasteiger partial charge in [0.1, 0.15) is 5.82 Å². The number of hydrogen-bond donors (Lipinski definition) is 3. The van der Waals surface area contributed by atoms with Gasteiger partial charge in [0.15, 0.2) is 0 Å². The number of fused-ring (bicyclic) bond motifs is 1. The smallest absolute Gasteiger partial charge is 0.368 e. The molecule has 2 aromatic rings.